The van der Waals surface area contributed by atoms with Crippen LogP contribution < -0.4 is 0 Å². The van der Waals surface area contributed by atoms with Gasteiger partial charge in [0.15, 0.2) is 0 Å². The Kier molecular flexibility index (Phi) is 11.1. The third-order valence-electron chi connectivity index (χ3n) is 7.89. The van der Waals surface area contributed by atoms with Crippen molar-refractivity contribution in [2.24, 2.45) is 0 Å². The van der Waals surface area contributed by atoms with E-state index in [9.17, 15) is 0 Å². The van der Waals surface area contributed by atoms with Crippen LogP contribution in [0.3, 0.4) is 0 Å². The monoisotopic (exact) mass is 616 g/mol. The predicted octanol–water partition coefficient (Wildman–Crippen LogP) is 14.0. The molecule has 41 heavy (non-hydrogen) atoms. The Morgan fingerprint density at radius 2 is 0.927 bits per heavy atom. The number of hydrogen-bond donors (Lipinski definition) is 0. The van der Waals surface area contributed by atoms with Crippen molar-refractivity contribution in [1.29, 1.82) is 0 Å². The highest BCUT2D eigenvalue weighted by atomic mass is 32.1. The molecule has 4 heteroatoms. The highest BCUT2D eigenvalue weighted by Crippen LogP contribution is 2.42. The molecular formula is C37H44S4. The molecule has 5 aromatic rings. The van der Waals surface area contributed by atoms with Crippen molar-refractivity contribution in [1.82, 2.24) is 0 Å². The van der Waals surface area contributed by atoms with Gasteiger partial charge < -0.3 is 0 Å². The third-order valence-corrected chi connectivity index (χ3v) is 12.8. The highest BCUT2D eigenvalue weighted by molar-refractivity contribution is 7.24. The van der Waals surface area contributed by atoms with Crippen LogP contribution in [0.1, 0.15) is 92.0 Å². The van der Waals surface area contributed by atoms with Gasteiger partial charge in [-0.05, 0) is 92.3 Å². The summed E-state index contributed by atoms with van der Waals surface area (Å²) in [6, 6.07) is 23.2. The smallest absolute Gasteiger partial charge is 0.0477 e. The van der Waals surface area contributed by atoms with E-state index in [-0.39, 0.29) is 0 Å². The first-order chi connectivity index (χ1) is 20.0. The van der Waals surface area contributed by atoms with Gasteiger partial charge in [0.05, 0.1) is 0 Å². The average molecular weight is 617 g/mol. The summed E-state index contributed by atoms with van der Waals surface area (Å²) < 4.78 is 0. The predicted molar refractivity (Wildman–Crippen MR) is 189 cm³/mol. The molecule has 0 saturated carbocycles. The fraction of sp³-hybridized carbons (Fsp3) is 0.405. The van der Waals surface area contributed by atoms with Gasteiger partial charge in [0.25, 0.3) is 0 Å². The first-order valence-corrected chi connectivity index (χ1v) is 18.8. The molecule has 0 fully saturated rings. The van der Waals surface area contributed by atoms with Gasteiger partial charge in [-0.15, -0.1) is 45.3 Å². The maximum atomic E-state index is 2.44. The number of aryl methyl sites for hydroxylation is 4. The quantitative estimate of drug-likeness (QED) is 0.103. The molecule has 216 valence electrons. The molecular weight excluding hydrogens is 573 g/mol. The van der Waals surface area contributed by atoms with Crippen molar-refractivity contribution >= 4 is 45.3 Å². The van der Waals surface area contributed by atoms with E-state index in [1.165, 1.54) is 126 Å². The van der Waals surface area contributed by atoms with Crippen LogP contribution in [0.2, 0.25) is 0 Å². The molecule has 0 nitrogen and oxygen atoms in total. The van der Waals surface area contributed by atoms with E-state index in [4.69, 9.17) is 0 Å². The molecule has 0 N–H and O–H groups in total. The van der Waals surface area contributed by atoms with Gasteiger partial charge in [-0.2, -0.15) is 0 Å². The lowest BCUT2D eigenvalue weighted by Gasteiger charge is -2.04. The van der Waals surface area contributed by atoms with E-state index in [1.54, 1.807) is 5.56 Å². The minimum atomic E-state index is 1.21. The summed E-state index contributed by atoms with van der Waals surface area (Å²) >= 11 is 7.72. The molecule has 5 rings (SSSR count). The molecule has 0 atom stereocenters. The topological polar surface area (TPSA) is 0 Å². The van der Waals surface area contributed by atoms with Gasteiger partial charge >= 0.3 is 0 Å². The number of thiophene rings is 4. The Morgan fingerprint density at radius 1 is 0.463 bits per heavy atom. The zero-order valence-electron chi connectivity index (χ0n) is 25.2. The molecule has 0 radical (unpaired) electrons. The normalized spacial score (nSPS) is 11.5. The second-order valence-electron chi connectivity index (χ2n) is 11.4. The summed E-state index contributed by atoms with van der Waals surface area (Å²) in [4.78, 5) is 11.2. The Hall–Kier alpha value is -1.98. The fourth-order valence-electron chi connectivity index (χ4n) is 5.68. The van der Waals surface area contributed by atoms with Crippen molar-refractivity contribution in [3.63, 3.8) is 0 Å². The lowest BCUT2D eigenvalue weighted by atomic mass is 10.0. The summed E-state index contributed by atoms with van der Waals surface area (Å²) in [5.74, 6) is 0. The van der Waals surface area contributed by atoms with Gasteiger partial charge in [-0.1, -0.05) is 89.0 Å². The van der Waals surface area contributed by atoms with E-state index in [1.807, 2.05) is 45.3 Å². The van der Waals surface area contributed by atoms with Gasteiger partial charge in [-0.25, -0.2) is 0 Å². The summed E-state index contributed by atoms with van der Waals surface area (Å²) in [6.07, 6.45) is 15.2. The van der Waals surface area contributed by atoms with Crippen molar-refractivity contribution in [3.8, 4) is 40.4 Å². The van der Waals surface area contributed by atoms with E-state index < -0.39 is 0 Å². The molecule has 1 aromatic carbocycles. The molecule has 4 aromatic heterocycles. The molecule has 0 spiro atoms. The standard InChI is InChI=1S/C37H44S4/c1-5-6-7-8-9-10-11-12-13-14-15-31-25-28(4)39-37(31)35-23-21-33(41-35)30-18-16-29(17-19-30)32-20-22-34(40-32)36-26(2)24-27(3)38-36/h16-25H,5-15H2,1-4H3. The molecule has 0 aliphatic heterocycles. The molecule has 0 amide bonds. The summed E-state index contributed by atoms with van der Waals surface area (Å²) in [5.41, 5.74) is 5.56. The molecule has 4 heterocycles. The van der Waals surface area contributed by atoms with Crippen LogP contribution in [0, 0.1) is 20.8 Å². The molecule has 0 unspecified atom stereocenters. The average Bonchev–Trinajstić information content (AvgIpc) is 3.77. The second kappa shape index (κ2) is 15.0. The fourth-order valence-corrected chi connectivity index (χ4v) is 10.1. The van der Waals surface area contributed by atoms with Crippen LogP contribution in [0.5, 0.6) is 0 Å². The van der Waals surface area contributed by atoms with Crippen molar-refractivity contribution in [2.75, 3.05) is 0 Å². The highest BCUT2D eigenvalue weighted by Gasteiger charge is 2.14. The molecule has 0 aliphatic carbocycles. The first kappa shape index (κ1) is 30.5. The summed E-state index contributed by atoms with van der Waals surface area (Å²) in [6.45, 7) is 8.98. The van der Waals surface area contributed by atoms with Crippen molar-refractivity contribution in [3.05, 3.63) is 81.5 Å². The third kappa shape index (κ3) is 8.10. The van der Waals surface area contributed by atoms with Gasteiger partial charge in [0, 0.05) is 39.0 Å². The van der Waals surface area contributed by atoms with Gasteiger partial charge in [0.2, 0.25) is 0 Å². The number of hydrogen-bond acceptors (Lipinski definition) is 4. The van der Waals surface area contributed by atoms with E-state index in [0.29, 0.717) is 0 Å². The second-order valence-corrected chi connectivity index (χ2v) is 16.1. The largest absolute Gasteiger partial charge is 0.139 e. The van der Waals surface area contributed by atoms with E-state index in [0.717, 1.165) is 0 Å². The van der Waals surface area contributed by atoms with E-state index in [2.05, 4.69) is 88.4 Å². The number of unbranched alkanes of at least 4 members (excludes halogenated alkanes) is 9. The Bertz CT molecular complexity index is 1500. The van der Waals surface area contributed by atoms with Crippen LogP contribution in [-0.2, 0) is 6.42 Å². The summed E-state index contributed by atoms with van der Waals surface area (Å²) in [7, 11) is 0. The number of rotatable bonds is 15. The minimum Gasteiger partial charge on any atom is -0.139 e. The molecule has 0 bridgehead atoms. The van der Waals surface area contributed by atoms with Crippen LogP contribution in [0.15, 0.2) is 60.7 Å². The molecule has 0 saturated heterocycles. The van der Waals surface area contributed by atoms with Crippen molar-refractivity contribution < 1.29 is 0 Å². The van der Waals surface area contributed by atoms with Crippen LogP contribution in [0.25, 0.3) is 40.4 Å². The maximum Gasteiger partial charge on any atom is 0.0477 e. The summed E-state index contributed by atoms with van der Waals surface area (Å²) in [5, 5.41) is 0. The lowest BCUT2D eigenvalue weighted by Crippen LogP contribution is -1.86. The SMILES string of the molecule is CCCCCCCCCCCCc1cc(C)sc1-c1ccc(-c2ccc(-c3ccc(-c4sc(C)cc4C)s3)cc2)s1. The maximum absolute atomic E-state index is 2.44. The first-order valence-electron chi connectivity index (χ1n) is 15.5. The van der Waals surface area contributed by atoms with Crippen molar-refractivity contribution in [2.45, 2.75) is 98.3 Å². The zero-order chi connectivity index (χ0) is 28.6. The van der Waals surface area contributed by atoms with Crippen LogP contribution in [-0.4, -0.2) is 0 Å². The Balaban J connectivity index is 1.17. The van der Waals surface area contributed by atoms with Gasteiger partial charge in [-0.3, -0.25) is 0 Å². The Labute approximate surface area is 264 Å². The minimum absolute atomic E-state index is 1.21. The van der Waals surface area contributed by atoms with E-state index >= 15 is 0 Å². The van der Waals surface area contributed by atoms with Crippen LogP contribution in [0.4, 0.5) is 0 Å². The molecule has 0 aliphatic rings. The van der Waals surface area contributed by atoms with Gasteiger partial charge in [0.1, 0.15) is 0 Å². The zero-order valence-corrected chi connectivity index (χ0v) is 28.5. The van der Waals surface area contributed by atoms with Crippen LogP contribution >= 0.6 is 45.3 Å². The Morgan fingerprint density at radius 3 is 1.46 bits per heavy atom. The number of benzene rings is 1. The lowest BCUT2D eigenvalue weighted by molar-refractivity contribution is 0.556.